The number of hydrogen-bond acceptors (Lipinski definition) is 4. The minimum Gasteiger partial charge on any atom is -0.497 e. The van der Waals surface area contributed by atoms with E-state index < -0.39 is 9.05 Å². The minimum absolute atomic E-state index is 0.0126. The lowest BCUT2D eigenvalue weighted by Crippen LogP contribution is -1.96. The molecule has 1 aromatic rings. The van der Waals surface area contributed by atoms with E-state index in [1.807, 2.05) is 0 Å². The van der Waals surface area contributed by atoms with Gasteiger partial charge in [-0.05, 0) is 0 Å². The largest absolute Gasteiger partial charge is 0.497 e. The Morgan fingerprint density at radius 3 is 2.54 bits per heavy atom. The van der Waals surface area contributed by atoms with E-state index in [1.165, 1.54) is 19.2 Å². The van der Waals surface area contributed by atoms with E-state index in [4.69, 9.17) is 27.0 Å². The summed E-state index contributed by atoms with van der Waals surface area (Å²) in [4.78, 5) is 3.52. The molecule has 0 radical (unpaired) electrons. The van der Waals surface area contributed by atoms with Crippen molar-refractivity contribution in [1.82, 2.24) is 4.98 Å². The number of nitrogens with zero attached hydrogens (tertiary/aromatic N) is 1. The van der Waals surface area contributed by atoms with Crippen LogP contribution in [0.25, 0.3) is 0 Å². The van der Waals surface area contributed by atoms with Crippen LogP contribution in [0.4, 0.5) is 0 Å². The highest BCUT2D eigenvalue weighted by molar-refractivity contribution is 8.13. The van der Waals surface area contributed by atoms with Crippen LogP contribution in [-0.2, 0) is 9.05 Å². The second kappa shape index (κ2) is 3.69. The standard InChI is InChI=1S/C6H5Cl2NO3S/c1-12-4-2-5(7)9-6(3-4)13(8,10)11/h2-3H,1H3. The first-order chi connectivity index (χ1) is 5.93. The molecule has 0 bridgehead atoms. The van der Waals surface area contributed by atoms with Gasteiger partial charge in [0.1, 0.15) is 10.9 Å². The first-order valence-electron chi connectivity index (χ1n) is 3.10. The Morgan fingerprint density at radius 2 is 2.08 bits per heavy atom. The molecule has 0 saturated carbocycles. The average molecular weight is 242 g/mol. The summed E-state index contributed by atoms with van der Waals surface area (Å²) in [5.41, 5.74) is 0. The van der Waals surface area contributed by atoms with Crippen molar-refractivity contribution in [1.29, 1.82) is 0 Å². The first kappa shape index (κ1) is 10.6. The molecule has 0 N–H and O–H groups in total. The van der Waals surface area contributed by atoms with Crippen LogP contribution in [-0.4, -0.2) is 20.5 Å². The van der Waals surface area contributed by atoms with Gasteiger partial charge in [0.05, 0.1) is 7.11 Å². The van der Waals surface area contributed by atoms with Crippen LogP contribution in [0.1, 0.15) is 0 Å². The third kappa shape index (κ3) is 2.72. The van der Waals surface area contributed by atoms with Gasteiger partial charge in [-0.1, -0.05) is 11.6 Å². The Kier molecular flexibility index (Phi) is 3.00. The Balaban J connectivity index is 3.33. The molecule has 0 unspecified atom stereocenters. The van der Waals surface area contributed by atoms with E-state index in [0.717, 1.165) is 0 Å². The molecule has 0 saturated heterocycles. The quantitative estimate of drug-likeness (QED) is 0.584. The van der Waals surface area contributed by atoms with E-state index in [0.29, 0.717) is 5.75 Å². The minimum atomic E-state index is -3.86. The van der Waals surface area contributed by atoms with Gasteiger partial charge in [0.25, 0.3) is 9.05 Å². The molecule has 0 aliphatic heterocycles. The van der Waals surface area contributed by atoms with Crippen molar-refractivity contribution in [3.05, 3.63) is 17.3 Å². The molecule has 1 rings (SSSR count). The smallest absolute Gasteiger partial charge is 0.278 e. The summed E-state index contributed by atoms with van der Waals surface area (Å²) in [6, 6.07) is 2.57. The van der Waals surface area contributed by atoms with E-state index >= 15 is 0 Å². The lowest BCUT2D eigenvalue weighted by Gasteiger charge is -2.01. The number of halogens is 2. The van der Waals surface area contributed by atoms with Gasteiger partial charge in [-0.2, -0.15) is 0 Å². The summed E-state index contributed by atoms with van der Waals surface area (Å²) in [5.74, 6) is 0.291. The van der Waals surface area contributed by atoms with E-state index in [1.54, 1.807) is 0 Å². The summed E-state index contributed by atoms with van der Waals surface area (Å²) < 4.78 is 26.5. The summed E-state index contributed by atoms with van der Waals surface area (Å²) in [6.45, 7) is 0. The summed E-state index contributed by atoms with van der Waals surface area (Å²) in [5, 5.41) is -0.308. The van der Waals surface area contributed by atoms with Crippen LogP contribution in [0, 0.1) is 0 Å². The predicted molar refractivity (Wildman–Crippen MR) is 48.8 cm³/mol. The maximum atomic E-state index is 10.8. The predicted octanol–water partition coefficient (Wildman–Crippen LogP) is 1.67. The summed E-state index contributed by atoms with van der Waals surface area (Å²) in [6.07, 6.45) is 0. The Hall–Kier alpha value is -0.520. The maximum absolute atomic E-state index is 10.8. The highest BCUT2D eigenvalue weighted by atomic mass is 35.7. The van der Waals surface area contributed by atoms with Crippen LogP contribution < -0.4 is 4.74 Å². The van der Waals surface area contributed by atoms with Crippen molar-refractivity contribution >= 4 is 31.3 Å². The molecule has 0 aromatic carbocycles. The van der Waals surface area contributed by atoms with E-state index in [-0.39, 0.29) is 10.2 Å². The fraction of sp³-hybridized carbons (Fsp3) is 0.167. The Labute approximate surface area is 84.9 Å². The van der Waals surface area contributed by atoms with Crippen molar-refractivity contribution in [2.75, 3.05) is 7.11 Å². The highest BCUT2D eigenvalue weighted by Gasteiger charge is 2.14. The van der Waals surface area contributed by atoms with Gasteiger partial charge < -0.3 is 4.74 Å². The normalized spacial score (nSPS) is 11.3. The third-order valence-corrected chi connectivity index (χ3v) is 2.61. The molecule has 0 fully saturated rings. The molecule has 7 heteroatoms. The number of aromatic nitrogens is 1. The lowest BCUT2D eigenvalue weighted by molar-refractivity contribution is 0.412. The number of pyridine rings is 1. The van der Waals surface area contributed by atoms with Gasteiger partial charge in [-0.3, -0.25) is 0 Å². The summed E-state index contributed by atoms with van der Waals surface area (Å²) in [7, 11) is 2.58. The Bertz CT molecular complexity index is 418. The average Bonchev–Trinajstić information content (AvgIpc) is 2.01. The van der Waals surface area contributed by atoms with Crippen LogP contribution in [0.3, 0.4) is 0 Å². The fourth-order valence-electron chi connectivity index (χ4n) is 0.693. The number of hydrogen-bond donors (Lipinski definition) is 0. The van der Waals surface area contributed by atoms with Gasteiger partial charge in [-0.15, -0.1) is 0 Å². The van der Waals surface area contributed by atoms with Crippen molar-refractivity contribution in [3.8, 4) is 5.75 Å². The number of rotatable bonds is 2. The zero-order chi connectivity index (χ0) is 10.1. The van der Waals surface area contributed by atoms with Gasteiger partial charge in [0, 0.05) is 22.8 Å². The van der Waals surface area contributed by atoms with Crippen molar-refractivity contribution < 1.29 is 13.2 Å². The third-order valence-electron chi connectivity index (χ3n) is 1.23. The first-order valence-corrected chi connectivity index (χ1v) is 5.78. The van der Waals surface area contributed by atoms with Crippen molar-refractivity contribution in [2.24, 2.45) is 0 Å². The van der Waals surface area contributed by atoms with Crippen LogP contribution in [0.5, 0.6) is 5.75 Å². The molecular weight excluding hydrogens is 237 g/mol. The fourth-order valence-corrected chi connectivity index (χ4v) is 1.64. The molecule has 0 spiro atoms. The SMILES string of the molecule is COc1cc(Cl)nc(S(=O)(=O)Cl)c1. The van der Waals surface area contributed by atoms with Gasteiger partial charge in [0.2, 0.25) is 0 Å². The van der Waals surface area contributed by atoms with Gasteiger partial charge >= 0.3 is 0 Å². The molecule has 1 heterocycles. The molecule has 0 aliphatic carbocycles. The molecule has 1 aromatic heterocycles. The molecule has 0 amide bonds. The molecular formula is C6H5Cl2NO3S. The molecule has 4 nitrogen and oxygen atoms in total. The molecule has 0 atom stereocenters. The zero-order valence-electron chi connectivity index (χ0n) is 6.49. The molecule has 72 valence electrons. The second-order valence-electron chi connectivity index (χ2n) is 2.11. The highest BCUT2D eigenvalue weighted by Crippen LogP contribution is 2.22. The Morgan fingerprint density at radius 1 is 1.46 bits per heavy atom. The van der Waals surface area contributed by atoms with Gasteiger partial charge in [0.15, 0.2) is 5.03 Å². The van der Waals surface area contributed by atoms with Crippen LogP contribution >= 0.6 is 22.3 Å². The van der Waals surface area contributed by atoms with Crippen LogP contribution in [0.2, 0.25) is 5.15 Å². The lowest BCUT2D eigenvalue weighted by atomic mass is 10.4. The molecule has 13 heavy (non-hydrogen) atoms. The van der Waals surface area contributed by atoms with Crippen LogP contribution in [0.15, 0.2) is 17.2 Å². The number of methoxy groups -OCH3 is 1. The monoisotopic (exact) mass is 241 g/mol. The van der Waals surface area contributed by atoms with Crippen molar-refractivity contribution in [3.63, 3.8) is 0 Å². The van der Waals surface area contributed by atoms with E-state index in [9.17, 15) is 8.42 Å². The maximum Gasteiger partial charge on any atom is 0.278 e. The van der Waals surface area contributed by atoms with Gasteiger partial charge in [-0.25, -0.2) is 13.4 Å². The van der Waals surface area contributed by atoms with Crippen molar-refractivity contribution in [2.45, 2.75) is 5.03 Å². The summed E-state index contributed by atoms with van der Waals surface area (Å²) >= 11 is 5.52. The number of ether oxygens (including phenoxy) is 1. The zero-order valence-corrected chi connectivity index (χ0v) is 8.82. The topological polar surface area (TPSA) is 56.3 Å². The second-order valence-corrected chi connectivity index (χ2v) is 5.01. The molecule has 0 aliphatic rings. The van der Waals surface area contributed by atoms with E-state index in [2.05, 4.69) is 4.98 Å².